The Balaban J connectivity index is 2.40. The summed E-state index contributed by atoms with van der Waals surface area (Å²) in [6, 6.07) is 8.45. The fraction of sp³-hybridized carbons (Fsp3) is 0.538. The Morgan fingerprint density at radius 3 is 2.88 bits per heavy atom. The van der Waals surface area contributed by atoms with Gasteiger partial charge in [-0.25, -0.2) is 0 Å². The van der Waals surface area contributed by atoms with Gasteiger partial charge in [0.15, 0.2) is 0 Å². The number of hydrogen-bond donors (Lipinski definition) is 1. The molecule has 0 aliphatic carbocycles. The van der Waals surface area contributed by atoms with Gasteiger partial charge in [0.05, 0.1) is 6.10 Å². The molecule has 2 rings (SSSR count). The standard InChI is InChI=1S/C13H19NOS/c1-10(2)15-13(9-14)7-8-16-12-6-4-3-5-11(12)13/h3-6,10H,7-9,14H2,1-2H3. The van der Waals surface area contributed by atoms with E-state index in [4.69, 9.17) is 10.5 Å². The summed E-state index contributed by atoms with van der Waals surface area (Å²) >= 11 is 1.90. The third kappa shape index (κ3) is 2.12. The van der Waals surface area contributed by atoms with E-state index in [9.17, 15) is 0 Å². The Morgan fingerprint density at radius 2 is 2.19 bits per heavy atom. The van der Waals surface area contributed by atoms with Crippen molar-refractivity contribution in [3.63, 3.8) is 0 Å². The lowest BCUT2D eigenvalue weighted by Crippen LogP contribution is -2.42. The SMILES string of the molecule is CC(C)OC1(CN)CCSc2ccccc21. The molecule has 88 valence electrons. The van der Waals surface area contributed by atoms with Crippen molar-refractivity contribution in [3.05, 3.63) is 29.8 Å². The Labute approximate surface area is 102 Å². The summed E-state index contributed by atoms with van der Waals surface area (Å²) in [6.07, 6.45) is 1.21. The van der Waals surface area contributed by atoms with Crippen molar-refractivity contribution >= 4 is 11.8 Å². The Bertz CT molecular complexity index is 367. The lowest BCUT2D eigenvalue weighted by atomic mass is 9.90. The van der Waals surface area contributed by atoms with Gasteiger partial charge in [-0.2, -0.15) is 0 Å². The van der Waals surface area contributed by atoms with Gasteiger partial charge in [0, 0.05) is 17.2 Å². The van der Waals surface area contributed by atoms with Crippen molar-refractivity contribution in [1.29, 1.82) is 0 Å². The summed E-state index contributed by atoms with van der Waals surface area (Å²) in [5, 5.41) is 0. The Hall–Kier alpha value is -0.510. The quantitative estimate of drug-likeness (QED) is 0.878. The van der Waals surface area contributed by atoms with Crippen molar-refractivity contribution in [2.24, 2.45) is 5.73 Å². The van der Waals surface area contributed by atoms with Crippen LogP contribution in [0.4, 0.5) is 0 Å². The number of nitrogens with two attached hydrogens (primary N) is 1. The van der Waals surface area contributed by atoms with Gasteiger partial charge in [0.2, 0.25) is 0 Å². The molecular formula is C13H19NOS. The molecule has 1 aromatic rings. The molecule has 1 heterocycles. The third-order valence-electron chi connectivity index (χ3n) is 2.93. The average molecular weight is 237 g/mol. The molecule has 1 aliphatic heterocycles. The van der Waals surface area contributed by atoms with E-state index in [1.807, 2.05) is 11.8 Å². The van der Waals surface area contributed by atoms with Crippen LogP contribution in [0.1, 0.15) is 25.8 Å². The summed E-state index contributed by atoms with van der Waals surface area (Å²) < 4.78 is 6.12. The van der Waals surface area contributed by atoms with Crippen molar-refractivity contribution < 1.29 is 4.74 Å². The molecule has 0 radical (unpaired) electrons. The lowest BCUT2D eigenvalue weighted by Gasteiger charge is -2.39. The van der Waals surface area contributed by atoms with Gasteiger partial charge in [0.1, 0.15) is 5.60 Å². The number of hydrogen-bond acceptors (Lipinski definition) is 3. The summed E-state index contributed by atoms with van der Waals surface area (Å²) in [5.41, 5.74) is 6.97. The first-order valence-corrected chi connectivity index (χ1v) is 6.77. The molecule has 16 heavy (non-hydrogen) atoms. The van der Waals surface area contributed by atoms with Crippen LogP contribution in [0.15, 0.2) is 29.2 Å². The van der Waals surface area contributed by atoms with Crippen LogP contribution in [0.3, 0.4) is 0 Å². The normalized spacial score (nSPS) is 24.5. The second-order valence-corrected chi connectivity index (χ2v) is 5.60. The predicted molar refractivity (Wildman–Crippen MR) is 68.7 cm³/mol. The number of benzene rings is 1. The highest BCUT2D eigenvalue weighted by molar-refractivity contribution is 7.99. The molecule has 1 aliphatic rings. The van der Waals surface area contributed by atoms with E-state index in [1.165, 1.54) is 10.5 Å². The van der Waals surface area contributed by atoms with Crippen LogP contribution in [-0.4, -0.2) is 18.4 Å². The van der Waals surface area contributed by atoms with Gasteiger partial charge < -0.3 is 10.5 Å². The Morgan fingerprint density at radius 1 is 1.44 bits per heavy atom. The van der Waals surface area contributed by atoms with Crippen molar-refractivity contribution in [3.8, 4) is 0 Å². The van der Waals surface area contributed by atoms with Crippen LogP contribution < -0.4 is 5.73 Å². The van der Waals surface area contributed by atoms with E-state index in [1.54, 1.807) is 0 Å². The highest BCUT2D eigenvalue weighted by atomic mass is 32.2. The molecule has 1 aromatic carbocycles. The zero-order chi connectivity index (χ0) is 11.6. The number of rotatable bonds is 3. The van der Waals surface area contributed by atoms with Crippen LogP contribution >= 0.6 is 11.8 Å². The second kappa shape index (κ2) is 4.78. The predicted octanol–water partition coefficient (Wildman–Crippen LogP) is 2.76. The molecule has 1 unspecified atom stereocenters. The number of fused-ring (bicyclic) bond motifs is 1. The number of ether oxygens (including phenoxy) is 1. The molecule has 0 aromatic heterocycles. The minimum atomic E-state index is -0.268. The maximum Gasteiger partial charge on any atom is 0.107 e. The second-order valence-electron chi connectivity index (χ2n) is 4.46. The van der Waals surface area contributed by atoms with E-state index in [-0.39, 0.29) is 11.7 Å². The van der Waals surface area contributed by atoms with Crippen LogP contribution in [0.25, 0.3) is 0 Å². The molecule has 0 spiro atoms. The molecule has 0 bridgehead atoms. The van der Waals surface area contributed by atoms with E-state index >= 15 is 0 Å². The molecule has 0 amide bonds. The highest BCUT2D eigenvalue weighted by Gasteiger charge is 2.37. The topological polar surface area (TPSA) is 35.2 Å². The summed E-state index contributed by atoms with van der Waals surface area (Å²) in [7, 11) is 0. The van der Waals surface area contributed by atoms with Gasteiger partial charge >= 0.3 is 0 Å². The van der Waals surface area contributed by atoms with Crippen molar-refractivity contribution in [1.82, 2.24) is 0 Å². The highest BCUT2D eigenvalue weighted by Crippen LogP contribution is 2.42. The van der Waals surface area contributed by atoms with Gasteiger partial charge in [0.25, 0.3) is 0 Å². The first kappa shape index (κ1) is 12.0. The molecule has 0 fully saturated rings. The first-order chi connectivity index (χ1) is 7.68. The van der Waals surface area contributed by atoms with E-state index in [0.717, 1.165) is 12.2 Å². The largest absolute Gasteiger partial charge is 0.366 e. The smallest absolute Gasteiger partial charge is 0.107 e. The van der Waals surface area contributed by atoms with Crippen LogP contribution in [-0.2, 0) is 10.3 Å². The maximum atomic E-state index is 6.12. The summed E-state index contributed by atoms with van der Waals surface area (Å²) in [4.78, 5) is 1.32. The maximum absolute atomic E-state index is 6.12. The summed E-state index contributed by atoms with van der Waals surface area (Å²) in [5.74, 6) is 1.08. The van der Waals surface area contributed by atoms with E-state index in [0.29, 0.717) is 6.54 Å². The summed E-state index contributed by atoms with van der Waals surface area (Å²) in [6.45, 7) is 4.70. The molecule has 1 atom stereocenters. The zero-order valence-corrected chi connectivity index (χ0v) is 10.7. The van der Waals surface area contributed by atoms with Crippen LogP contribution in [0.5, 0.6) is 0 Å². The first-order valence-electron chi connectivity index (χ1n) is 5.78. The van der Waals surface area contributed by atoms with Gasteiger partial charge in [-0.3, -0.25) is 0 Å². The molecule has 3 heteroatoms. The fourth-order valence-electron chi connectivity index (χ4n) is 2.26. The van der Waals surface area contributed by atoms with Crippen LogP contribution in [0, 0.1) is 0 Å². The lowest BCUT2D eigenvalue weighted by molar-refractivity contribution is -0.0838. The molecule has 2 nitrogen and oxygen atoms in total. The molecule has 0 saturated carbocycles. The minimum absolute atomic E-state index is 0.208. The van der Waals surface area contributed by atoms with Crippen molar-refractivity contribution in [2.75, 3.05) is 12.3 Å². The van der Waals surface area contributed by atoms with E-state index in [2.05, 4.69) is 38.1 Å². The fourth-order valence-corrected chi connectivity index (χ4v) is 3.50. The molecular weight excluding hydrogens is 218 g/mol. The van der Waals surface area contributed by atoms with Crippen LogP contribution in [0.2, 0.25) is 0 Å². The van der Waals surface area contributed by atoms with Crippen molar-refractivity contribution in [2.45, 2.75) is 36.9 Å². The third-order valence-corrected chi connectivity index (χ3v) is 4.01. The van der Waals surface area contributed by atoms with Gasteiger partial charge in [-0.15, -0.1) is 11.8 Å². The Kier molecular flexibility index (Phi) is 3.57. The zero-order valence-electron chi connectivity index (χ0n) is 9.90. The minimum Gasteiger partial charge on any atom is -0.366 e. The van der Waals surface area contributed by atoms with Gasteiger partial charge in [-0.1, -0.05) is 18.2 Å². The van der Waals surface area contributed by atoms with Gasteiger partial charge in [-0.05, 0) is 31.9 Å². The molecule has 2 N–H and O–H groups in total. The number of thioether (sulfide) groups is 1. The molecule has 0 saturated heterocycles. The monoisotopic (exact) mass is 237 g/mol. The average Bonchev–Trinajstić information content (AvgIpc) is 2.29. The van der Waals surface area contributed by atoms with E-state index < -0.39 is 0 Å².